The summed E-state index contributed by atoms with van der Waals surface area (Å²) in [5.41, 5.74) is -1.11. The van der Waals surface area contributed by atoms with Crippen LogP contribution in [0.1, 0.15) is 52.0 Å². The Balaban J connectivity index is 1.33. The standard InChI is InChI=1S/C26H37F3N6O/c1-19(2)25(8-5-22(18-25)32-20(3)7-12-35-11-4-9-31-35)24(36)34-15-13-33(14-16-34)23-17-21(6-10-30-23)26(27,28)29/h4,6,9-11,17,19-20,22,32H,5,7-8,12-16,18H2,1-3H3/t20?,22-,25+/m1/s1. The second kappa shape index (κ2) is 10.8. The van der Waals surface area contributed by atoms with Gasteiger partial charge in [0.15, 0.2) is 0 Å². The predicted molar refractivity (Wildman–Crippen MR) is 132 cm³/mol. The van der Waals surface area contributed by atoms with Gasteiger partial charge in [0.25, 0.3) is 0 Å². The number of hydrogen-bond acceptors (Lipinski definition) is 5. The molecule has 0 radical (unpaired) electrons. The highest BCUT2D eigenvalue weighted by Crippen LogP contribution is 2.46. The summed E-state index contributed by atoms with van der Waals surface area (Å²) in [7, 11) is 0. The molecule has 1 aliphatic heterocycles. The molecule has 1 aliphatic carbocycles. The molecule has 2 fully saturated rings. The zero-order chi connectivity index (χ0) is 25.9. The maximum atomic E-state index is 13.8. The van der Waals surface area contributed by atoms with Crippen LogP contribution in [-0.4, -0.2) is 63.8 Å². The highest BCUT2D eigenvalue weighted by atomic mass is 19.4. The van der Waals surface area contributed by atoms with E-state index in [1.807, 2.05) is 26.7 Å². The summed E-state index contributed by atoms with van der Waals surface area (Å²) < 4.78 is 41.2. The highest BCUT2D eigenvalue weighted by molar-refractivity contribution is 5.84. The van der Waals surface area contributed by atoms with Crippen LogP contribution in [0.5, 0.6) is 0 Å². The molecular weight excluding hydrogens is 469 g/mol. The molecule has 36 heavy (non-hydrogen) atoms. The molecule has 0 bridgehead atoms. The fourth-order valence-corrected chi connectivity index (χ4v) is 5.65. The third kappa shape index (κ3) is 5.85. The van der Waals surface area contributed by atoms with E-state index >= 15 is 0 Å². The summed E-state index contributed by atoms with van der Waals surface area (Å²) >= 11 is 0. The smallest absolute Gasteiger partial charge is 0.353 e. The van der Waals surface area contributed by atoms with Crippen molar-refractivity contribution in [3.05, 3.63) is 42.4 Å². The number of halogens is 3. The van der Waals surface area contributed by atoms with Crippen molar-refractivity contribution in [3.8, 4) is 0 Å². The van der Waals surface area contributed by atoms with Crippen molar-refractivity contribution in [2.75, 3.05) is 31.1 Å². The zero-order valence-corrected chi connectivity index (χ0v) is 21.3. The summed E-state index contributed by atoms with van der Waals surface area (Å²) in [4.78, 5) is 21.7. The molecule has 1 N–H and O–H groups in total. The van der Waals surface area contributed by atoms with Crippen molar-refractivity contribution in [1.82, 2.24) is 25.0 Å². The molecule has 2 aromatic heterocycles. The normalized spacial score (nSPS) is 23.9. The van der Waals surface area contributed by atoms with Gasteiger partial charge in [-0.2, -0.15) is 18.3 Å². The fraction of sp³-hybridized carbons (Fsp3) is 0.654. The molecule has 1 unspecified atom stereocenters. The van der Waals surface area contributed by atoms with Gasteiger partial charge < -0.3 is 15.1 Å². The van der Waals surface area contributed by atoms with E-state index in [1.54, 1.807) is 6.20 Å². The lowest BCUT2D eigenvalue weighted by Gasteiger charge is -2.42. The van der Waals surface area contributed by atoms with Gasteiger partial charge >= 0.3 is 6.18 Å². The number of pyridine rings is 1. The number of amides is 1. The maximum absolute atomic E-state index is 13.8. The Hall–Kier alpha value is -2.62. The number of piperazine rings is 1. The number of nitrogens with zero attached hydrogens (tertiary/aromatic N) is 5. The Morgan fingerprint density at radius 1 is 1.19 bits per heavy atom. The lowest BCUT2D eigenvalue weighted by molar-refractivity contribution is -0.145. The van der Waals surface area contributed by atoms with Gasteiger partial charge in [-0.25, -0.2) is 4.98 Å². The van der Waals surface area contributed by atoms with Gasteiger partial charge in [-0.3, -0.25) is 9.48 Å². The molecule has 10 heteroatoms. The minimum absolute atomic E-state index is 0.183. The third-order valence-corrected chi connectivity index (χ3v) is 7.91. The molecule has 3 heterocycles. The van der Waals surface area contributed by atoms with Crippen LogP contribution in [0.25, 0.3) is 0 Å². The Kier molecular flexibility index (Phi) is 7.92. The minimum atomic E-state index is -4.40. The van der Waals surface area contributed by atoms with Crippen molar-refractivity contribution in [1.29, 1.82) is 0 Å². The van der Waals surface area contributed by atoms with Gasteiger partial charge in [0.1, 0.15) is 5.82 Å². The Morgan fingerprint density at radius 3 is 2.58 bits per heavy atom. The molecular formula is C26H37F3N6O. The Labute approximate surface area is 211 Å². The number of hydrogen-bond donors (Lipinski definition) is 1. The van der Waals surface area contributed by atoms with E-state index in [0.29, 0.717) is 44.1 Å². The maximum Gasteiger partial charge on any atom is 0.416 e. The second-order valence-electron chi connectivity index (χ2n) is 10.6. The monoisotopic (exact) mass is 506 g/mol. The number of aromatic nitrogens is 3. The van der Waals surface area contributed by atoms with Crippen molar-refractivity contribution in [2.24, 2.45) is 11.3 Å². The molecule has 1 saturated carbocycles. The first-order valence-corrected chi connectivity index (χ1v) is 12.9. The molecule has 7 nitrogen and oxygen atoms in total. The van der Waals surface area contributed by atoms with E-state index in [0.717, 1.165) is 44.4 Å². The van der Waals surface area contributed by atoms with E-state index in [9.17, 15) is 18.0 Å². The van der Waals surface area contributed by atoms with Crippen LogP contribution < -0.4 is 10.2 Å². The van der Waals surface area contributed by atoms with Crippen LogP contribution in [-0.2, 0) is 17.5 Å². The van der Waals surface area contributed by atoms with E-state index in [1.165, 1.54) is 6.20 Å². The molecule has 0 aromatic carbocycles. The van der Waals surface area contributed by atoms with Gasteiger partial charge in [0, 0.05) is 63.4 Å². The molecule has 4 rings (SSSR count). The van der Waals surface area contributed by atoms with E-state index in [-0.39, 0.29) is 11.8 Å². The number of alkyl halides is 3. The lowest BCUT2D eigenvalue weighted by Crippen LogP contribution is -2.54. The largest absolute Gasteiger partial charge is 0.416 e. The van der Waals surface area contributed by atoms with E-state index in [4.69, 9.17) is 0 Å². The number of carbonyl (C=O) groups is 1. The van der Waals surface area contributed by atoms with Crippen molar-refractivity contribution in [3.63, 3.8) is 0 Å². The van der Waals surface area contributed by atoms with Gasteiger partial charge in [-0.15, -0.1) is 0 Å². The van der Waals surface area contributed by atoms with Gasteiger partial charge in [-0.1, -0.05) is 13.8 Å². The summed E-state index contributed by atoms with van der Waals surface area (Å²) in [6.07, 6.45) is 4.14. The van der Waals surface area contributed by atoms with Crippen LogP contribution in [0.3, 0.4) is 0 Å². The summed E-state index contributed by atoms with van der Waals surface area (Å²) in [6, 6.07) is 4.61. The number of anilines is 1. The Bertz CT molecular complexity index is 1000. The van der Waals surface area contributed by atoms with Gasteiger partial charge in [0.05, 0.1) is 11.0 Å². The summed E-state index contributed by atoms with van der Waals surface area (Å²) in [5, 5.41) is 8.00. The molecule has 3 atom stereocenters. The number of rotatable bonds is 8. The van der Waals surface area contributed by atoms with Crippen LogP contribution in [0.4, 0.5) is 19.0 Å². The lowest BCUT2D eigenvalue weighted by atomic mass is 9.74. The van der Waals surface area contributed by atoms with Crippen LogP contribution >= 0.6 is 0 Å². The topological polar surface area (TPSA) is 66.3 Å². The average Bonchev–Trinajstić information content (AvgIpc) is 3.53. The average molecular weight is 507 g/mol. The minimum Gasteiger partial charge on any atom is -0.353 e. The first kappa shape index (κ1) is 26.4. The first-order valence-electron chi connectivity index (χ1n) is 12.9. The van der Waals surface area contributed by atoms with Gasteiger partial charge in [-0.05, 0) is 56.7 Å². The Morgan fingerprint density at radius 2 is 1.94 bits per heavy atom. The number of carbonyl (C=O) groups excluding carboxylic acids is 1. The number of aryl methyl sites for hydroxylation is 1. The molecule has 2 aromatic rings. The molecule has 198 valence electrons. The zero-order valence-electron chi connectivity index (χ0n) is 21.3. The van der Waals surface area contributed by atoms with Crippen molar-refractivity contribution in [2.45, 2.75) is 71.3 Å². The van der Waals surface area contributed by atoms with Crippen molar-refractivity contribution >= 4 is 11.7 Å². The molecule has 2 aliphatic rings. The van der Waals surface area contributed by atoms with E-state index < -0.39 is 17.2 Å². The summed E-state index contributed by atoms with van der Waals surface area (Å²) in [6.45, 7) is 9.22. The SMILES string of the molecule is CC(CCn1cccn1)N[C@@H]1CC[C@@](C(=O)N2CCN(c3cc(C(F)(F)F)ccn3)CC2)(C(C)C)C1. The third-order valence-electron chi connectivity index (χ3n) is 7.91. The molecule has 1 amide bonds. The van der Waals surface area contributed by atoms with Crippen LogP contribution in [0.2, 0.25) is 0 Å². The van der Waals surface area contributed by atoms with Gasteiger partial charge in [0.2, 0.25) is 5.91 Å². The first-order chi connectivity index (χ1) is 17.1. The van der Waals surface area contributed by atoms with Crippen molar-refractivity contribution < 1.29 is 18.0 Å². The predicted octanol–water partition coefficient (Wildman–Crippen LogP) is 4.21. The fourth-order valence-electron chi connectivity index (χ4n) is 5.65. The van der Waals surface area contributed by atoms with Crippen LogP contribution in [0, 0.1) is 11.3 Å². The second-order valence-corrected chi connectivity index (χ2v) is 10.6. The molecule has 0 spiro atoms. The number of nitrogens with one attached hydrogen (secondary N) is 1. The molecule has 1 saturated heterocycles. The van der Waals surface area contributed by atoms with Crippen LogP contribution in [0.15, 0.2) is 36.8 Å². The quantitative estimate of drug-likeness (QED) is 0.581. The van der Waals surface area contributed by atoms with E-state index in [2.05, 4.69) is 36.2 Å². The highest BCUT2D eigenvalue weighted by Gasteiger charge is 2.49. The summed E-state index contributed by atoms with van der Waals surface area (Å²) in [5.74, 6) is 0.701.